The second-order valence-corrected chi connectivity index (χ2v) is 8.69. The number of hydrogen-bond donors (Lipinski definition) is 1. The molecule has 31 heavy (non-hydrogen) atoms. The van der Waals surface area contributed by atoms with Gasteiger partial charge < -0.3 is 4.74 Å². The molecule has 0 radical (unpaired) electrons. The van der Waals surface area contributed by atoms with Crippen LogP contribution in [-0.4, -0.2) is 31.1 Å². The zero-order chi connectivity index (χ0) is 22.0. The van der Waals surface area contributed by atoms with Crippen LogP contribution in [-0.2, 0) is 9.84 Å². The molecule has 0 atom stereocenters. The Morgan fingerprint density at radius 2 is 1.84 bits per heavy atom. The number of aromatic nitrogens is 2. The number of sulfone groups is 1. The Morgan fingerprint density at radius 1 is 1.06 bits per heavy atom. The summed E-state index contributed by atoms with van der Waals surface area (Å²) in [7, 11) is -3.37. The molecule has 7 nitrogen and oxygen atoms in total. The Hall–Kier alpha value is -3.66. The van der Waals surface area contributed by atoms with Crippen LogP contribution in [0, 0.1) is 0 Å². The van der Waals surface area contributed by atoms with E-state index in [-0.39, 0.29) is 10.6 Å². The lowest BCUT2D eigenvalue weighted by atomic mass is 10.2. The molecule has 0 aliphatic carbocycles. The molecule has 1 aliphatic heterocycles. The van der Waals surface area contributed by atoms with Gasteiger partial charge in [-0.2, -0.15) is 13.9 Å². The number of rotatable bonds is 6. The summed E-state index contributed by atoms with van der Waals surface area (Å²) in [6.07, 6.45) is 8.09. The monoisotopic (exact) mass is 444 g/mol. The third-order valence-electron chi connectivity index (χ3n) is 4.47. The molecule has 4 rings (SSSR count). The van der Waals surface area contributed by atoms with E-state index < -0.39 is 16.4 Å². The Bertz CT molecular complexity index is 1270. The molecule has 0 spiro atoms. The number of allylic oxidation sites excluding steroid dienone is 2. The van der Waals surface area contributed by atoms with Crippen molar-refractivity contribution in [3.63, 3.8) is 0 Å². The smallest absolute Gasteiger partial charge is 0.387 e. The molecule has 0 amide bonds. The molecule has 160 valence electrons. The van der Waals surface area contributed by atoms with Gasteiger partial charge >= 0.3 is 6.61 Å². The standard InChI is InChI=1S/C21H18F2N4O3S/c1-31(28,29)18-8-3-6-16(14-18)27-20(10-11-24-27)19-9-4-12-26(25-19)15-5-2-7-17(13-15)30-21(22)23/h2-14,21,25H,1H3. The molecule has 0 saturated heterocycles. The second-order valence-electron chi connectivity index (χ2n) is 6.68. The van der Waals surface area contributed by atoms with Crippen molar-refractivity contribution in [3.8, 4) is 11.4 Å². The molecular formula is C21H18F2N4O3S. The Kier molecular flexibility index (Phi) is 5.47. The zero-order valence-corrected chi connectivity index (χ0v) is 17.1. The van der Waals surface area contributed by atoms with Crippen molar-refractivity contribution in [2.45, 2.75) is 11.5 Å². The van der Waals surface area contributed by atoms with E-state index in [0.29, 0.717) is 22.8 Å². The maximum atomic E-state index is 12.5. The van der Waals surface area contributed by atoms with Gasteiger partial charge in [0.15, 0.2) is 9.84 Å². The lowest BCUT2D eigenvalue weighted by Gasteiger charge is -2.27. The van der Waals surface area contributed by atoms with Crippen molar-refractivity contribution in [3.05, 3.63) is 84.8 Å². The van der Waals surface area contributed by atoms with E-state index in [4.69, 9.17) is 0 Å². The van der Waals surface area contributed by atoms with Crippen LogP contribution >= 0.6 is 0 Å². The average molecular weight is 444 g/mol. The number of halogens is 2. The summed E-state index contributed by atoms with van der Waals surface area (Å²) in [6, 6.07) is 14.6. The van der Waals surface area contributed by atoms with Crippen LogP contribution in [0.4, 0.5) is 14.5 Å². The first-order valence-corrected chi connectivity index (χ1v) is 11.0. The minimum absolute atomic E-state index is 0.0430. The zero-order valence-electron chi connectivity index (χ0n) is 16.3. The van der Waals surface area contributed by atoms with Crippen LogP contribution in [0.15, 0.2) is 84.0 Å². The fourth-order valence-electron chi connectivity index (χ4n) is 3.09. The third kappa shape index (κ3) is 4.58. The van der Waals surface area contributed by atoms with E-state index in [1.54, 1.807) is 64.6 Å². The van der Waals surface area contributed by atoms with E-state index in [1.165, 1.54) is 18.2 Å². The van der Waals surface area contributed by atoms with E-state index >= 15 is 0 Å². The highest BCUT2D eigenvalue weighted by molar-refractivity contribution is 7.90. The molecule has 1 N–H and O–H groups in total. The summed E-state index contributed by atoms with van der Waals surface area (Å²) < 4.78 is 55.0. The number of nitrogens with one attached hydrogen (secondary N) is 1. The van der Waals surface area contributed by atoms with Crippen molar-refractivity contribution >= 4 is 21.2 Å². The van der Waals surface area contributed by atoms with Gasteiger partial charge in [0, 0.05) is 18.5 Å². The first-order valence-electron chi connectivity index (χ1n) is 9.15. The van der Waals surface area contributed by atoms with Crippen molar-refractivity contribution in [2.75, 3.05) is 11.3 Å². The number of hydrazine groups is 1. The van der Waals surface area contributed by atoms with Crippen molar-refractivity contribution < 1.29 is 21.9 Å². The molecule has 3 aromatic rings. The van der Waals surface area contributed by atoms with E-state index in [0.717, 1.165) is 6.26 Å². The predicted molar refractivity (Wildman–Crippen MR) is 112 cm³/mol. The van der Waals surface area contributed by atoms with E-state index in [1.807, 2.05) is 6.08 Å². The molecule has 2 heterocycles. The van der Waals surface area contributed by atoms with Crippen LogP contribution in [0.3, 0.4) is 0 Å². The molecule has 0 fully saturated rings. The van der Waals surface area contributed by atoms with Gasteiger partial charge in [0.1, 0.15) is 5.75 Å². The fraction of sp³-hybridized carbons (Fsp3) is 0.0952. The molecule has 0 saturated carbocycles. The summed E-state index contributed by atoms with van der Waals surface area (Å²) >= 11 is 0. The van der Waals surface area contributed by atoms with Gasteiger partial charge in [-0.15, -0.1) is 0 Å². The number of anilines is 1. The van der Waals surface area contributed by atoms with Gasteiger partial charge in [-0.3, -0.25) is 10.4 Å². The molecule has 0 unspecified atom stereocenters. The van der Waals surface area contributed by atoms with Gasteiger partial charge in [0.05, 0.1) is 33.9 Å². The summed E-state index contributed by atoms with van der Waals surface area (Å²) in [5.41, 5.74) is 5.72. The Morgan fingerprint density at radius 3 is 2.61 bits per heavy atom. The maximum absolute atomic E-state index is 12.5. The fourth-order valence-corrected chi connectivity index (χ4v) is 3.75. The van der Waals surface area contributed by atoms with Crippen LogP contribution in [0.1, 0.15) is 5.69 Å². The number of hydrogen-bond acceptors (Lipinski definition) is 6. The SMILES string of the molecule is CS(=O)(=O)c1cccc(-n2nccc2C2=CC=CN(c3cccc(OC(F)F)c3)N2)c1. The quantitative estimate of drug-likeness (QED) is 0.624. The number of ether oxygens (including phenoxy) is 1. The lowest BCUT2D eigenvalue weighted by Crippen LogP contribution is -2.34. The third-order valence-corrected chi connectivity index (χ3v) is 5.58. The van der Waals surface area contributed by atoms with Gasteiger partial charge in [-0.05, 0) is 48.6 Å². The van der Waals surface area contributed by atoms with E-state index in [9.17, 15) is 17.2 Å². The lowest BCUT2D eigenvalue weighted by molar-refractivity contribution is -0.0498. The summed E-state index contributed by atoms with van der Waals surface area (Å²) in [6.45, 7) is -2.91. The van der Waals surface area contributed by atoms with Gasteiger partial charge in [0.25, 0.3) is 0 Å². The highest BCUT2D eigenvalue weighted by Crippen LogP contribution is 2.26. The first kappa shape index (κ1) is 20.6. The molecule has 0 bridgehead atoms. The van der Waals surface area contributed by atoms with Crippen molar-refractivity contribution in [2.24, 2.45) is 0 Å². The highest BCUT2D eigenvalue weighted by Gasteiger charge is 2.17. The van der Waals surface area contributed by atoms with Gasteiger partial charge in [-0.1, -0.05) is 12.1 Å². The molecule has 1 aliphatic rings. The van der Waals surface area contributed by atoms with Crippen LogP contribution in [0.25, 0.3) is 11.4 Å². The number of nitrogens with zero attached hydrogens (tertiary/aromatic N) is 3. The van der Waals surface area contributed by atoms with Crippen molar-refractivity contribution in [1.29, 1.82) is 0 Å². The van der Waals surface area contributed by atoms with Crippen LogP contribution < -0.4 is 15.2 Å². The normalized spacial score (nSPS) is 13.8. The molecule has 2 aromatic carbocycles. The second kappa shape index (κ2) is 8.23. The Labute approximate surface area is 177 Å². The Balaban J connectivity index is 1.63. The molecule has 1 aromatic heterocycles. The van der Waals surface area contributed by atoms with Gasteiger partial charge in [0.2, 0.25) is 0 Å². The minimum Gasteiger partial charge on any atom is -0.435 e. The minimum atomic E-state index is -3.37. The van der Waals surface area contributed by atoms with Crippen LogP contribution in [0.5, 0.6) is 5.75 Å². The maximum Gasteiger partial charge on any atom is 0.387 e. The number of benzene rings is 2. The molecule has 10 heteroatoms. The predicted octanol–water partition coefficient (Wildman–Crippen LogP) is 3.76. The highest BCUT2D eigenvalue weighted by atomic mass is 32.2. The molecular weight excluding hydrogens is 426 g/mol. The first-order chi connectivity index (χ1) is 14.8. The number of alkyl halides is 2. The largest absolute Gasteiger partial charge is 0.435 e. The van der Waals surface area contributed by atoms with Crippen LogP contribution in [0.2, 0.25) is 0 Å². The summed E-state index contributed by atoms with van der Waals surface area (Å²) in [5, 5.41) is 5.98. The summed E-state index contributed by atoms with van der Waals surface area (Å²) in [4.78, 5) is 0.189. The van der Waals surface area contributed by atoms with Crippen molar-refractivity contribution in [1.82, 2.24) is 15.2 Å². The summed E-state index contributed by atoms with van der Waals surface area (Å²) in [5.74, 6) is 0.0430. The van der Waals surface area contributed by atoms with E-state index in [2.05, 4.69) is 15.3 Å². The average Bonchev–Trinajstić information content (AvgIpc) is 3.23. The topological polar surface area (TPSA) is 76.5 Å². The van der Waals surface area contributed by atoms with Gasteiger partial charge in [-0.25, -0.2) is 13.1 Å².